The lowest BCUT2D eigenvalue weighted by Gasteiger charge is -2.22. The molecule has 0 saturated heterocycles. The average Bonchev–Trinajstić information content (AvgIpc) is 3.00. The zero-order valence-electron chi connectivity index (χ0n) is 12.8. The van der Waals surface area contributed by atoms with E-state index in [1.807, 2.05) is 0 Å². The second-order valence-electron chi connectivity index (χ2n) is 5.17. The maximum Gasteiger partial charge on any atom is 0.339 e. The van der Waals surface area contributed by atoms with Gasteiger partial charge in [-0.3, -0.25) is 0 Å². The van der Waals surface area contributed by atoms with Gasteiger partial charge in [0.25, 0.3) is 0 Å². The Labute approximate surface area is 138 Å². The molecule has 0 radical (unpaired) electrons. The fraction of sp³-hybridized carbons (Fsp3) is 0.562. The van der Waals surface area contributed by atoms with Crippen LogP contribution < -0.4 is 9.47 Å². The largest absolute Gasteiger partial charge is 0.493 e. The first-order valence-corrected chi connectivity index (χ1v) is 8.25. The molecule has 1 atom stereocenters. The molecule has 0 aliphatic heterocycles. The summed E-state index contributed by atoms with van der Waals surface area (Å²) in [6.07, 6.45) is 2.83. The predicted octanol–water partition coefficient (Wildman–Crippen LogP) is 3.38. The molecule has 1 aromatic carbocycles. The number of hydrogen-bond donors (Lipinski definition) is 1. The molecule has 1 unspecified atom stereocenters. The van der Waals surface area contributed by atoms with Crippen LogP contribution in [0.1, 0.15) is 44.3 Å². The summed E-state index contributed by atoms with van der Waals surface area (Å²) >= 11 is 3.38. The molecular weight excluding hydrogens is 352 g/mol. The quantitative estimate of drug-likeness (QED) is 0.775. The summed E-state index contributed by atoms with van der Waals surface area (Å²) in [5.41, 5.74) is 0.352. The van der Waals surface area contributed by atoms with Crippen molar-refractivity contribution in [1.82, 2.24) is 0 Å². The van der Waals surface area contributed by atoms with Crippen molar-refractivity contribution in [2.24, 2.45) is 0 Å². The van der Waals surface area contributed by atoms with Crippen LogP contribution in [-0.2, 0) is 9.53 Å². The highest BCUT2D eigenvalue weighted by atomic mass is 79.9. The standard InChI is InChI=1S/C16H21BrO5/c1-3-21-16(19)14(18)13-11(17)8-9-12(20-2)15(13)22-10-6-4-5-7-10/h8-10,14,18H,3-7H2,1-2H3. The molecule has 6 heteroatoms. The molecule has 22 heavy (non-hydrogen) atoms. The number of aliphatic hydroxyl groups excluding tert-OH is 1. The van der Waals surface area contributed by atoms with E-state index >= 15 is 0 Å². The van der Waals surface area contributed by atoms with Crippen molar-refractivity contribution in [1.29, 1.82) is 0 Å². The fourth-order valence-electron chi connectivity index (χ4n) is 2.60. The SMILES string of the molecule is CCOC(=O)C(O)c1c(Br)ccc(OC)c1OC1CCCC1. The van der Waals surface area contributed by atoms with Crippen LogP contribution in [0.5, 0.6) is 11.5 Å². The monoisotopic (exact) mass is 372 g/mol. The van der Waals surface area contributed by atoms with Crippen LogP contribution in [0, 0.1) is 0 Å². The Morgan fingerprint density at radius 3 is 2.68 bits per heavy atom. The van der Waals surface area contributed by atoms with Crippen LogP contribution in [-0.4, -0.2) is 30.9 Å². The number of methoxy groups -OCH3 is 1. The maximum atomic E-state index is 11.9. The summed E-state index contributed by atoms with van der Waals surface area (Å²) in [6, 6.07) is 3.47. The first-order chi connectivity index (χ1) is 10.6. The zero-order chi connectivity index (χ0) is 16.1. The predicted molar refractivity (Wildman–Crippen MR) is 85.2 cm³/mol. The molecule has 1 aliphatic carbocycles. The smallest absolute Gasteiger partial charge is 0.339 e. The van der Waals surface area contributed by atoms with Gasteiger partial charge in [0.1, 0.15) is 0 Å². The number of hydrogen-bond acceptors (Lipinski definition) is 5. The van der Waals surface area contributed by atoms with E-state index in [2.05, 4.69) is 15.9 Å². The summed E-state index contributed by atoms with van der Waals surface area (Å²) in [6.45, 7) is 1.90. The van der Waals surface area contributed by atoms with Gasteiger partial charge in [0.2, 0.25) is 0 Å². The summed E-state index contributed by atoms with van der Waals surface area (Å²) in [5.74, 6) is 0.200. The van der Waals surface area contributed by atoms with Gasteiger partial charge in [0.05, 0.1) is 25.4 Å². The van der Waals surface area contributed by atoms with Gasteiger partial charge in [0.15, 0.2) is 17.6 Å². The molecule has 1 aromatic rings. The number of esters is 1. The van der Waals surface area contributed by atoms with E-state index in [1.54, 1.807) is 19.1 Å². The van der Waals surface area contributed by atoms with Crippen molar-refractivity contribution in [2.45, 2.75) is 44.8 Å². The van der Waals surface area contributed by atoms with Crippen LogP contribution in [0.15, 0.2) is 16.6 Å². The minimum Gasteiger partial charge on any atom is -0.493 e. The topological polar surface area (TPSA) is 65.0 Å². The highest BCUT2D eigenvalue weighted by Gasteiger charge is 2.29. The molecular formula is C16H21BrO5. The highest BCUT2D eigenvalue weighted by molar-refractivity contribution is 9.10. The zero-order valence-corrected chi connectivity index (χ0v) is 14.4. The van der Waals surface area contributed by atoms with Gasteiger partial charge >= 0.3 is 5.97 Å². The Kier molecular flexibility index (Phi) is 6.08. The van der Waals surface area contributed by atoms with Crippen LogP contribution >= 0.6 is 15.9 Å². The second-order valence-corrected chi connectivity index (χ2v) is 6.03. The number of benzene rings is 1. The van der Waals surface area contributed by atoms with Gasteiger partial charge < -0.3 is 19.3 Å². The molecule has 1 aliphatic rings. The second kappa shape index (κ2) is 7.83. The minimum absolute atomic E-state index is 0.0799. The summed E-state index contributed by atoms with van der Waals surface area (Å²) < 4.78 is 16.9. The molecule has 0 bridgehead atoms. The number of ether oxygens (including phenoxy) is 3. The van der Waals surface area contributed by atoms with Crippen molar-refractivity contribution in [3.63, 3.8) is 0 Å². The average molecular weight is 373 g/mol. The van der Waals surface area contributed by atoms with Crippen molar-refractivity contribution in [3.05, 3.63) is 22.2 Å². The Morgan fingerprint density at radius 2 is 2.09 bits per heavy atom. The number of rotatable bonds is 6. The lowest BCUT2D eigenvalue weighted by molar-refractivity contribution is -0.153. The molecule has 2 rings (SSSR count). The summed E-state index contributed by atoms with van der Waals surface area (Å²) in [7, 11) is 1.53. The number of carbonyl (C=O) groups excluding carboxylic acids is 1. The molecule has 0 heterocycles. The van der Waals surface area contributed by atoms with Crippen LogP contribution in [0.4, 0.5) is 0 Å². The van der Waals surface area contributed by atoms with Crippen LogP contribution in [0.2, 0.25) is 0 Å². The molecule has 5 nitrogen and oxygen atoms in total. The van der Waals surface area contributed by atoms with E-state index in [1.165, 1.54) is 7.11 Å². The molecule has 122 valence electrons. The maximum absolute atomic E-state index is 11.9. The number of aliphatic hydroxyl groups is 1. The van der Waals surface area contributed by atoms with Crippen LogP contribution in [0.25, 0.3) is 0 Å². The molecule has 0 aromatic heterocycles. The Hall–Kier alpha value is -1.27. The summed E-state index contributed by atoms with van der Waals surface area (Å²) in [4.78, 5) is 11.9. The fourth-order valence-corrected chi connectivity index (χ4v) is 3.13. The van der Waals surface area contributed by atoms with E-state index < -0.39 is 12.1 Å². The molecule has 1 N–H and O–H groups in total. The van der Waals surface area contributed by atoms with Crippen molar-refractivity contribution < 1.29 is 24.1 Å². The Balaban J connectivity index is 2.38. The molecule has 1 fully saturated rings. The molecule has 0 spiro atoms. The lowest BCUT2D eigenvalue weighted by atomic mass is 10.1. The third-order valence-electron chi connectivity index (χ3n) is 3.70. The van der Waals surface area contributed by atoms with E-state index in [-0.39, 0.29) is 12.7 Å². The Bertz CT molecular complexity index is 526. The van der Waals surface area contributed by atoms with Crippen molar-refractivity contribution in [2.75, 3.05) is 13.7 Å². The van der Waals surface area contributed by atoms with Gasteiger partial charge in [-0.1, -0.05) is 15.9 Å². The highest BCUT2D eigenvalue weighted by Crippen LogP contribution is 2.42. The van der Waals surface area contributed by atoms with Gasteiger partial charge in [0, 0.05) is 4.47 Å². The van der Waals surface area contributed by atoms with Gasteiger partial charge in [-0.15, -0.1) is 0 Å². The number of carbonyl (C=O) groups is 1. The first-order valence-electron chi connectivity index (χ1n) is 7.46. The van der Waals surface area contributed by atoms with Gasteiger partial charge in [-0.05, 0) is 44.7 Å². The lowest BCUT2D eigenvalue weighted by Crippen LogP contribution is -2.19. The van der Waals surface area contributed by atoms with E-state index in [0.717, 1.165) is 25.7 Å². The Morgan fingerprint density at radius 1 is 1.41 bits per heavy atom. The minimum atomic E-state index is -1.42. The van der Waals surface area contributed by atoms with E-state index in [0.29, 0.717) is 21.5 Å². The van der Waals surface area contributed by atoms with Crippen molar-refractivity contribution in [3.8, 4) is 11.5 Å². The van der Waals surface area contributed by atoms with Gasteiger partial charge in [-0.2, -0.15) is 0 Å². The van der Waals surface area contributed by atoms with Crippen LogP contribution in [0.3, 0.4) is 0 Å². The van der Waals surface area contributed by atoms with E-state index in [9.17, 15) is 9.90 Å². The molecule has 1 saturated carbocycles. The third-order valence-corrected chi connectivity index (χ3v) is 4.39. The van der Waals surface area contributed by atoms with E-state index in [4.69, 9.17) is 14.2 Å². The first kappa shape index (κ1) is 17.1. The third kappa shape index (κ3) is 3.73. The van der Waals surface area contributed by atoms with Gasteiger partial charge in [-0.25, -0.2) is 4.79 Å². The number of halogens is 1. The van der Waals surface area contributed by atoms with Crippen molar-refractivity contribution >= 4 is 21.9 Å². The summed E-state index contributed by atoms with van der Waals surface area (Å²) in [5, 5.41) is 10.3. The molecule has 0 amide bonds. The normalized spacial score (nSPS) is 16.4.